The van der Waals surface area contributed by atoms with Gasteiger partial charge in [-0.3, -0.25) is 4.79 Å². The molecule has 0 radical (unpaired) electrons. The Balaban J connectivity index is 1.51. The second-order valence-corrected chi connectivity index (χ2v) is 8.28. The van der Waals surface area contributed by atoms with Crippen LogP contribution in [-0.2, 0) is 9.53 Å². The van der Waals surface area contributed by atoms with Gasteiger partial charge in [0.25, 0.3) is 0 Å². The summed E-state index contributed by atoms with van der Waals surface area (Å²) in [4.78, 5) is 25.5. The summed E-state index contributed by atoms with van der Waals surface area (Å²) < 4.78 is 5.01. The van der Waals surface area contributed by atoms with E-state index >= 15 is 0 Å². The van der Waals surface area contributed by atoms with Gasteiger partial charge in [0, 0.05) is 17.5 Å². The van der Waals surface area contributed by atoms with Crippen LogP contribution in [0.15, 0.2) is 72.8 Å². The van der Waals surface area contributed by atoms with Crippen LogP contribution >= 0.6 is 0 Å². The van der Waals surface area contributed by atoms with Gasteiger partial charge in [-0.15, -0.1) is 0 Å². The number of hydrogen-bond donors (Lipinski definition) is 1. The van der Waals surface area contributed by atoms with Crippen LogP contribution in [0.25, 0.3) is 0 Å². The van der Waals surface area contributed by atoms with Crippen LogP contribution in [0.3, 0.4) is 0 Å². The maximum Gasteiger partial charge on any atom is 0.338 e. The highest BCUT2D eigenvalue weighted by atomic mass is 16.5. The highest BCUT2D eigenvalue weighted by molar-refractivity contribution is 6.00. The second-order valence-electron chi connectivity index (χ2n) is 8.28. The van der Waals surface area contributed by atoms with Crippen LogP contribution in [-0.4, -0.2) is 18.5 Å². The Kier molecular flexibility index (Phi) is 4.79. The number of anilines is 1. The van der Waals surface area contributed by atoms with Crippen LogP contribution in [0, 0.1) is 16.7 Å². The maximum atomic E-state index is 13.6. The first-order valence-corrected chi connectivity index (χ1v) is 10.8. The molecule has 5 heteroatoms. The number of benzene rings is 3. The number of fused-ring (bicyclic) bond motifs is 1. The van der Waals surface area contributed by atoms with Crippen molar-refractivity contribution in [2.24, 2.45) is 5.41 Å². The largest absolute Gasteiger partial charge is 0.462 e. The Morgan fingerprint density at radius 1 is 0.969 bits per heavy atom. The Hall–Kier alpha value is -3.91. The van der Waals surface area contributed by atoms with E-state index in [0.717, 1.165) is 11.1 Å². The topological polar surface area (TPSA) is 79.2 Å². The van der Waals surface area contributed by atoms with Crippen molar-refractivity contribution in [2.75, 3.05) is 11.9 Å². The van der Waals surface area contributed by atoms with Gasteiger partial charge >= 0.3 is 5.97 Å². The van der Waals surface area contributed by atoms with Crippen molar-refractivity contribution in [3.05, 3.63) is 101 Å². The van der Waals surface area contributed by atoms with Gasteiger partial charge in [-0.25, -0.2) is 4.79 Å². The van der Waals surface area contributed by atoms with Gasteiger partial charge in [0.05, 0.1) is 18.2 Å². The fourth-order valence-corrected chi connectivity index (χ4v) is 5.24. The summed E-state index contributed by atoms with van der Waals surface area (Å²) in [5, 5.41) is 13.3. The number of carbonyl (C=O) groups excluding carboxylic acids is 2. The number of amides is 1. The molecule has 3 aromatic carbocycles. The number of nitrogens with zero attached hydrogens (tertiary/aromatic N) is 1. The normalized spacial score (nSPS) is 22.2. The summed E-state index contributed by atoms with van der Waals surface area (Å²) in [7, 11) is 0. The monoisotopic (exact) mass is 422 g/mol. The third kappa shape index (κ3) is 2.91. The summed E-state index contributed by atoms with van der Waals surface area (Å²) in [6.07, 6.45) is 0.439. The first-order valence-electron chi connectivity index (χ1n) is 10.8. The zero-order valence-electron chi connectivity index (χ0n) is 17.7. The average Bonchev–Trinajstić information content (AvgIpc) is 2.84. The predicted octanol–water partition coefficient (Wildman–Crippen LogP) is 4.99. The molecule has 3 aromatic rings. The van der Waals surface area contributed by atoms with Gasteiger partial charge in [-0.05, 0) is 59.9 Å². The van der Waals surface area contributed by atoms with E-state index in [-0.39, 0.29) is 17.7 Å². The van der Waals surface area contributed by atoms with Crippen molar-refractivity contribution in [3.63, 3.8) is 0 Å². The Morgan fingerprint density at radius 2 is 1.53 bits per heavy atom. The lowest BCUT2D eigenvalue weighted by atomic mass is 9.52. The molecule has 1 N–H and O–H groups in total. The Morgan fingerprint density at radius 3 is 2.06 bits per heavy atom. The predicted molar refractivity (Wildman–Crippen MR) is 120 cm³/mol. The lowest BCUT2D eigenvalue weighted by Crippen LogP contribution is -2.48. The zero-order valence-corrected chi connectivity index (χ0v) is 17.7. The van der Waals surface area contributed by atoms with E-state index in [1.54, 1.807) is 31.2 Å². The lowest BCUT2D eigenvalue weighted by molar-refractivity contribution is -0.124. The molecule has 0 aliphatic heterocycles. The van der Waals surface area contributed by atoms with Crippen molar-refractivity contribution < 1.29 is 14.3 Å². The molecule has 0 saturated carbocycles. The number of hydrogen-bond acceptors (Lipinski definition) is 4. The van der Waals surface area contributed by atoms with Crippen LogP contribution in [0.5, 0.6) is 0 Å². The second kappa shape index (κ2) is 7.65. The van der Waals surface area contributed by atoms with Crippen molar-refractivity contribution in [1.29, 1.82) is 5.26 Å². The highest BCUT2D eigenvalue weighted by Crippen LogP contribution is 2.61. The summed E-state index contributed by atoms with van der Waals surface area (Å²) in [6.45, 7) is 2.05. The number of ether oxygens (including phenoxy) is 1. The van der Waals surface area contributed by atoms with E-state index in [9.17, 15) is 14.9 Å². The van der Waals surface area contributed by atoms with Crippen LogP contribution in [0.1, 0.15) is 57.8 Å². The van der Waals surface area contributed by atoms with Gasteiger partial charge in [0.1, 0.15) is 5.41 Å². The fourth-order valence-electron chi connectivity index (χ4n) is 5.24. The third-order valence-electron chi connectivity index (χ3n) is 6.64. The molecule has 3 aliphatic carbocycles. The van der Waals surface area contributed by atoms with E-state index in [2.05, 4.69) is 23.5 Å². The molecule has 32 heavy (non-hydrogen) atoms. The maximum absolute atomic E-state index is 13.6. The first kappa shape index (κ1) is 20.0. The molecule has 0 spiro atoms. The molecule has 0 unspecified atom stereocenters. The smallest absolute Gasteiger partial charge is 0.338 e. The van der Waals surface area contributed by atoms with E-state index in [1.165, 1.54) is 11.1 Å². The minimum Gasteiger partial charge on any atom is -0.462 e. The number of nitriles is 1. The van der Waals surface area contributed by atoms with Crippen LogP contribution < -0.4 is 5.32 Å². The van der Waals surface area contributed by atoms with Gasteiger partial charge in [0.15, 0.2) is 0 Å². The van der Waals surface area contributed by atoms with Gasteiger partial charge in [-0.1, -0.05) is 48.5 Å². The Bertz CT molecular complexity index is 1210. The fraction of sp³-hybridized carbons (Fsp3) is 0.222. The number of esters is 1. The quantitative estimate of drug-likeness (QED) is 0.601. The Labute approximate surface area is 186 Å². The average molecular weight is 422 g/mol. The molecule has 0 heterocycles. The number of nitrogens with one attached hydrogen (secondary N) is 1. The molecular formula is C27H22N2O3. The highest BCUT2D eigenvalue weighted by Gasteiger charge is 2.57. The lowest BCUT2D eigenvalue weighted by Gasteiger charge is -2.48. The standard InChI is InChI=1S/C27H22N2O3/c1-2-32-25(30)17-11-13-18(14-12-17)29-26(31)27(16-28)15-23-19-7-3-5-9-21(19)24(27)22-10-6-4-8-20(22)23/h3-14,23-24H,2,15H2,1H3,(H,29,31)/t23?,24?,27-/m0/s1. The van der Waals surface area contributed by atoms with Crippen LogP contribution in [0.2, 0.25) is 0 Å². The molecule has 3 aliphatic rings. The zero-order chi connectivity index (χ0) is 22.3. The molecule has 1 amide bonds. The molecule has 5 nitrogen and oxygen atoms in total. The molecule has 1 atom stereocenters. The molecule has 0 fully saturated rings. The molecule has 158 valence electrons. The van der Waals surface area contributed by atoms with Crippen molar-refractivity contribution in [2.45, 2.75) is 25.2 Å². The van der Waals surface area contributed by atoms with Gasteiger partial charge in [0.2, 0.25) is 5.91 Å². The number of rotatable bonds is 4. The molecule has 2 bridgehead atoms. The van der Waals surface area contributed by atoms with Gasteiger partial charge in [-0.2, -0.15) is 5.26 Å². The van der Waals surface area contributed by atoms with Crippen molar-refractivity contribution in [3.8, 4) is 6.07 Å². The van der Waals surface area contributed by atoms with E-state index in [1.807, 2.05) is 36.4 Å². The van der Waals surface area contributed by atoms with Crippen molar-refractivity contribution in [1.82, 2.24) is 0 Å². The molecule has 0 saturated heterocycles. The first-order chi connectivity index (χ1) is 15.6. The minimum atomic E-state index is -1.22. The summed E-state index contributed by atoms with van der Waals surface area (Å²) >= 11 is 0. The summed E-state index contributed by atoms with van der Waals surface area (Å²) in [5.74, 6) is -1.05. The molecule has 6 rings (SSSR count). The third-order valence-corrected chi connectivity index (χ3v) is 6.64. The number of carbonyl (C=O) groups is 2. The molecule has 0 aromatic heterocycles. The van der Waals surface area contributed by atoms with E-state index < -0.39 is 11.4 Å². The van der Waals surface area contributed by atoms with E-state index in [0.29, 0.717) is 24.3 Å². The summed E-state index contributed by atoms with van der Waals surface area (Å²) in [5.41, 5.74) is 4.25. The summed E-state index contributed by atoms with van der Waals surface area (Å²) in [6, 6.07) is 25.2. The minimum absolute atomic E-state index is 0.00369. The SMILES string of the molecule is CCOC(=O)c1ccc(NC(=O)[C@]2(C#N)CC3c4ccccc4C2c2ccccc23)cc1. The molecular weight excluding hydrogens is 400 g/mol. The van der Waals surface area contributed by atoms with Crippen LogP contribution in [0.4, 0.5) is 5.69 Å². The van der Waals surface area contributed by atoms with Crippen molar-refractivity contribution >= 4 is 17.6 Å². The van der Waals surface area contributed by atoms with Gasteiger partial charge < -0.3 is 10.1 Å². The van der Waals surface area contributed by atoms with E-state index in [4.69, 9.17) is 4.74 Å².